The Morgan fingerprint density at radius 3 is 2.64 bits per heavy atom. The van der Waals surface area contributed by atoms with Crippen LogP contribution in [0.15, 0.2) is 18.2 Å². The summed E-state index contributed by atoms with van der Waals surface area (Å²) in [6, 6.07) is 5.46. The Morgan fingerprint density at radius 2 is 2.05 bits per heavy atom. The molecule has 6 heteroatoms. The lowest BCUT2D eigenvalue weighted by atomic mass is 10.1. The molecule has 0 saturated carbocycles. The summed E-state index contributed by atoms with van der Waals surface area (Å²) in [5, 5.41) is 3.50. The van der Waals surface area contributed by atoms with E-state index in [1.165, 1.54) is 0 Å². The number of fused-ring (bicyclic) bond motifs is 1. The quantitative estimate of drug-likeness (QED) is 0.808. The summed E-state index contributed by atoms with van der Waals surface area (Å²) in [5.41, 5.74) is 7.86. The Kier molecular flexibility index (Phi) is 4.40. The lowest BCUT2D eigenvalue weighted by Crippen LogP contribution is -2.30. The smallest absolute Gasteiger partial charge is 0.255 e. The second-order valence-electron chi connectivity index (χ2n) is 5.55. The maximum atomic E-state index is 12.1. The van der Waals surface area contributed by atoms with E-state index in [1.54, 1.807) is 11.9 Å². The molecule has 4 N–H and O–H groups in total. The molecule has 0 fully saturated rings. The lowest BCUT2D eigenvalue weighted by molar-refractivity contribution is -0.121. The van der Waals surface area contributed by atoms with E-state index in [2.05, 4.69) is 10.3 Å². The van der Waals surface area contributed by atoms with Crippen LogP contribution in [0.2, 0.25) is 0 Å². The fourth-order valence-corrected chi connectivity index (χ4v) is 2.42. The number of nitrogens with zero attached hydrogens (tertiary/aromatic N) is 1. The summed E-state index contributed by atoms with van der Waals surface area (Å²) < 4.78 is 0. The average molecular weight is 302 g/mol. The third-order valence-corrected chi connectivity index (χ3v) is 3.59. The lowest BCUT2D eigenvalue weighted by Gasteiger charge is -2.19. The van der Waals surface area contributed by atoms with E-state index in [-0.39, 0.29) is 17.7 Å². The second kappa shape index (κ2) is 6.09. The predicted molar refractivity (Wildman–Crippen MR) is 89.0 cm³/mol. The van der Waals surface area contributed by atoms with Crippen LogP contribution in [0.25, 0.3) is 10.9 Å². The number of anilines is 2. The molecule has 0 aliphatic rings. The Bertz CT molecular complexity index is 718. The van der Waals surface area contributed by atoms with E-state index >= 15 is 0 Å². The van der Waals surface area contributed by atoms with Gasteiger partial charge in [-0.25, -0.2) is 0 Å². The van der Waals surface area contributed by atoms with Gasteiger partial charge in [0.05, 0.1) is 5.56 Å². The third-order valence-electron chi connectivity index (χ3n) is 3.59. The van der Waals surface area contributed by atoms with E-state index in [1.807, 2.05) is 39.0 Å². The molecule has 1 aromatic carbocycles. The molecule has 0 radical (unpaired) electrons. The molecule has 6 nitrogen and oxygen atoms in total. The molecular formula is C16H22N4O2. The molecule has 0 spiro atoms. The van der Waals surface area contributed by atoms with Crippen LogP contribution in [-0.4, -0.2) is 30.4 Å². The first-order chi connectivity index (χ1) is 10.4. The monoisotopic (exact) mass is 302 g/mol. The summed E-state index contributed by atoms with van der Waals surface area (Å²) in [4.78, 5) is 28.8. The maximum absolute atomic E-state index is 12.1. The number of rotatable bonds is 4. The zero-order valence-electron chi connectivity index (χ0n) is 13.4. The largest absolute Gasteiger partial charge is 0.385 e. The second-order valence-corrected chi connectivity index (χ2v) is 5.55. The van der Waals surface area contributed by atoms with Crippen molar-refractivity contribution in [2.24, 2.45) is 5.92 Å². The molecule has 0 bridgehead atoms. The maximum Gasteiger partial charge on any atom is 0.255 e. The molecule has 2 rings (SSSR count). The molecule has 1 heterocycles. The van der Waals surface area contributed by atoms with Crippen molar-refractivity contribution in [3.63, 3.8) is 0 Å². The van der Waals surface area contributed by atoms with Crippen LogP contribution in [-0.2, 0) is 4.79 Å². The van der Waals surface area contributed by atoms with Gasteiger partial charge in [0.2, 0.25) is 5.91 Å². The minimum Gasteiger partial charge on any atom is -0.385 e. The molecule has 2 amide bonds. The van der Waals surface area contributed by atoms with Crippen molar-refractivity contribution < 1.29 is 9.59 Å². The number of carbonyl (C=O) groups excluding carboxylic acids is 2. The highest BCUT2D eigenvalue weighted by molar-refractivity contribution is 6.12. The van der Waals surface area contributed by atoms with Crippen molar-refractivity contribution in [1.82, 2.24) is 10.3 Å². The summed E-state index contributed by atoms with van der Waals surface area (Å²) in [6.07, 6.45) is 0. The number of hydrogen-bond acceptors (Lipinski definition) is 3. The van der Waals surface area contributed by atoms with E-state index in [0.29, 0.717) is 17.9 Å². The number of carbonyl (C=O) groups is 2. The zero-order valence-corrected chi connectivity index (χ0v) is 13.4. The first-order valence-electron chi connectivity index (χ1n) is 7.33. The Hall–Kier alpha value is -2.50. The van der Waals surface area contributed by atoms with Gasteiger partial charge in [0.15, 0.2) is 0 Å². The van der Waals surface area contributed by atoms with Crippen molar-refractivity contribution in [2.45, 2.75) is 20.8 Å². The number of hydrogen-bond donors (Lipinski definition) is 3. The molecular weight excluding hydrogens is 280 g/mol. The number of nitrogens with one attached hydrogen (secondary N) is 2. The first kappa shape index (κ1) is 15.9. The van der Waals surface area contributed by atoms with Crippen LogP contribution in [0.4, 0.5) is 11.5 Å². The van der Waals surface area contributed by atoms with Gasteiger partial charge in [-0.1, -0.05) is 13.8 Å². The number of H-pyrrole nitrogens is 1. The van der Waals surface area contributed by atoms with E-state index < -0.39 is 0 Å². The summed E-state index contributed by atoms with van der Waals surface area (Å²) in [5.74, 6) is 0.0738. The van der Waals surface area contributed by atoms with Crippen molar-refractivity contribution in [1.29, 1.82) is 0 Å². The Morgan fingerprint density at radius 1 is 1.36 bits per heavy atom. The van der Waals surface area contributed by atoms with E-state index in [4.69, 9.17) is 5.73 Å². The number of benzene rings is 1. The highest BCUT2D eigenvalue weighted by atomic mass is 16.2. The van der Waals surface area contributed by atoms with Gasteiger partial charge in [0, 0.05) is 36.1 Å². The molecule has 0 saturated heterocycles. The molecule has 0 unspecified atom stereocenters. The molecule has 1 aromatic heterocycles. The molecule has 22 heavy (non-hydrogen) atoms. The highest BCUT2D eigenvalue weighted by Gasteiger charge is 2.19. The van der Waals surface area contributed by atoms with E-state index in [0.717, 1.165) is 16.6 Å². The van der Waals surface area contributed by atoms with E-state index in [9.17, 15) is 9.59 Å². The molecule has 2 aromatic rings. The SMILES string of the molecule is CCNC(=O)c1c(N)[nH]c2cc(N(C)C(=O)C(C)C)ccc12. The van der Waals surface area contributed by atoms with Gasteiger partial charge in [0.25, 0.3) is 5.91 Å². The van der Waals surface area contributed by atoms with Gasteiger partial charge >= 0.3 is 0 Å². The van der Waals surface area contributed by atoms with Gasteiger partial charge in [0.1, 0.15) is 5.82 Å². The molecule has 0 atom stereocenters. The Balaban J connectivity index is 2.45. The van der Waals surface area contributed by atoms with Crippen molar-refractivity contribution in [3.05, 3.63) is 23.8 Å². The van der Waals surface area contributed by atoms with Crippen LogP contribution in [0.5, 0.6) is 0 Å². The highest BCUT2D eigenvalue weighted by Crippen LogP contribution is 2.28. The number of amides is 2. The topological polar surface area (TPSA) is 91.2 Å². The summed E-state index contributed by atoms with van der Waals surface area (Å²) in [7, 11) is 1.74. The van der Waals surface area contributed by atoms with Crippen molar-refractivity contribution in [2.75, 3.05) is 24.2 Å². The predicted octanol–water partition coefficient (Wildman–Crippen LogP) is 2.12. The van der Waals surface area contributed by atoms with Crippen LogP contribution in [0.1, 0.15) is 31.1 Å². The molecule has 118 valence electrons. The zero-order chi connectivity index (χ0) is 16.4. The summed E-state index contributed by atoms with van der Waals surface area (Å²) >= 11 is 0. The fourth-order valence-electron chi connectivity index (χ4n) is 2.42. The normalized spacial score (nSPS) is 11.0. The van der Waals surface area contributed by atoms with Crippen molar-refractivity contribution in [3.8, 4) is 0 Å². The van der Waals surface area contributed by atoms with Crippen LogP contribution in [0, 0.1) is 5.92 Å². The number of nitrogen functional groups attached to an aromatic ring is 1. The van der Waals surface area contributed by atoms with Gasteiger partial charge in [-0.15, -0.1) is 0 Å². The van der Waals surface area contributed by atoms with Gasteiger partial charge in [-0.3, -0.25) is 9.59 Å². The fraction of sp³-hybridized carbons (Fsp3) is 0.375. The summed E-state index contributed by atoms with van der Waals surface area (Å²) in [6.45, 7) is 6.11. The van der Waals surface area contributed by atoms with Crippen LogP contribution < -0.4 is 16.0 Å². The van der Waals surface area contributed by atoms with Crippen LogP contribution in [0.3, 0.4) is 0 Å². The minimum atomic E-state index is -0.203. The third kappa shape index (κ3) is 2.77. The van der Waals surface area contributed by atoms with Crippen molar-refractivity contribution >= 4 is 34.2 Å². The number of aromatic amines is 1. The first-order valence-corrected chi connectivity index (χ1v) is 7.33. The minimum absolute atomic E-state index is 0.0304. The van der Waals surface area contributed by atoms with Gasteiger partial charge in [-0.05, 0) is 25.1 Å². The number of aromatic nitrogens is 1. The molecule has 0 aliphatic heterocycles. The Labute approximate surface area is 129 Å². The standard InChI is InChI=1S/C16H22N4O2/c1-5-18-15(21)13-11-7-6-10(8-12(11)19-14(13)17)20(4)16(22)9(2)3/h6-9,19H,5,17H2,1-4H3,(H,18,21). The van der Waals surface area contributed by atoms with Crippen LogP contribution >= 0.6 is 0 Å². The average Bonchev–Trinajstić information content (AvgIpc) is 2.80. The molecule has 0 aliphatic carbocycles. The van der Waals surface area contributed by atoms with Gasteiger partial charge < -0.3 is 20.9 Å². The van der Waals surface area contributed by atoms with Gasteiger partial charge in [-0.2, -0.15) is 0 Å². The number of nitrogens with two attached hydrogens (primary N) is 1.